The Labute approximate surface area is 186 Å². The van der Waals surface area contributed by atoms with E-state index >= 15 is 0 Å². The van der Waals surface area contributed by atoms with Crippen LogP contribution in [0.3, 0.4) is 0 Å². The Morgan fingerprint density at radius 2 is 1.58 bits per heavy atom. The number of aromatic nitrogens is 2. The number of benzene rings is 1. The van der Waals surface area contributed by atoms with Gasteiger partial charge in [-0.2, -0.15) is 5.10 Å². The minimum atomic E-state index is -0.359. The molecule has 2 aromatic rings. The molecule has 2 rings (SSSR count). The number of esters is 1. The van der Waals surface area contributed by atoms with E-state index in [1.165, 1.54) is 5.56 Å². The maximum Gasteiger partial charge on any atom is 0.358 e. The molecule has 0 bridgehead atoms. The van der Waals surface area contributed by atoms with Gasteiger partial charge in [0.25, 0.3) is 0 Å². The molecule has 1 aromatic heterocycles. The van der Waals surface area contributed by atoms with E-state index in [1.807, 2.05) is 19.9 Å². The van der Waals surface area contributed by atoms with Crippen LogP contribution in [-0.4, -0.2) is 22.4 Å². The van der Waals surface area contributed by atoms with Crippen molar-refractivity contribution in [2.75, 3.05) is 6.61 Å². The fourth-order valence-electron chi connectivity index (χ4n) is 1.78. The quantitative estimate of drug-likeness (QED) is 0.521. The van der Waals surface area contributed by atoms with Crippen LogP contribution in [0.4, 0.5) is 0 Å². The van der Waals surface area contributed by atoms with Gasteiger partial charge >= 0.3 is 5.97 Å². The van der Waals surface area contributed by atoms with Crippen molar-refractivity contribution in [2.24, 2.45) is 0 Å². The van der Waals surface area contributed by atoms with Crippen LogP contribution in [0.5, 0.6) is 0 Å². The molecule has 0 unspecified atom stereocenters. The molecule has 147 valence electrons. The average molecular weight is 439 g/mol. The minimum absolute atomic E-state index is 0. The summed E-state index contributed by atoms with van der Waals surface area (Å²) in [5, 5.41) is 4.07. The van der Waals surface area contributed by atoms with Gasteiger partial charge in [-0.15, -0.1) is 0 Å². The summed E-state index contributed by atoms with van der Waals surface area (Å²) in [4.78, 5) is 11.2. The van der Waals surface area contributed by atoms with Gasteiger partial charge in [-0.1, -0.05) is 66.5 Å². The van der Waals surface area contributed by atoms with Gasteiger partial charge in [0.2, 0.25) is 0 Å². The largest absolute Gasteiger partial charge is 0.461 e. The van der Waals surface area contributed by atoms with Gasteiger partial charge in [-0.25, -0.2) is 4.79 Å². The molecule has 0 aliphatic rings. The molecular formula is C21H38N2O2Y. The van der Waals surface area contributed by atoms with Crippen LogP contribution >= 0.6 is 0 Å². The van der Waals surface area contributed by atoms with E-state index in [-0.39, 0.29) is 67.0 Å². The van der Waals surface area contributed by atoms with Crippen molar-refractivity contribution >= 4 is 5.97 Å². The number of rotatable bonds is 4. The Bertz CT molecular complexity index is 566. The van der Waals surface area contributed by atoms with Crippen LogP contribution in [0.1, 0.15) is 84.9 Å². The second-order valence-electron chi connectivity index (χ2n) is 5.56. The summed E-state index contributed by atoms with van der Waals surface area (Å²) in [5.41, 5.74) is 1.79. The van der Waals surface area contributed by atoms with E-state index in [2.05, 4.69) is 43.2 Å². The number of hydrogen-bond acceptors (Lipinski definition) is 3. The number of carbonyl (C=O) groups is 1. The van der Waals surface area contributed by atoms with E-state index in [4.69, 9.17) is 4.74 Å². The second-order valence-corrected chi connectivity index (χ2v) is 5.56. The Kier molecular flexibility index (Phi) is 21.9. The third-order valence-corrected chi connectivity index (χ3v) is 3.09. The first-order chi connectivity index (χ1) is 10.5. The fraction of sp³-hybridized carbons (Fsp3) is 0.524. The van der Waals surface area contributed by atoms with E-state index in [0.29, 0.717) is 18.2 Å². The summed E-state index contributed by atoms with van der Waals surface area (Å²) < 4.78 is 6.53. The van der Waals surface area contributed by atoms with Gasteiger partial charge in [0.05, 0.1) is 6.61 Å². The summed E-state index contributed by atoms with van der Waals surface area (Å²) >= 11 is 0. The molecule has 0 amide bonds. The maximum absolute atomic E-state index is 11.2. The van der Waals surface area contributed by atoms with E-state index in [1.54, 1.807) is 23.9 Å². The van der Waals surface area contributed by atoms with Crippen LogP contribution in [0.2, 0.25) is 0 Å². The Morgan fingerprint density at radius 1 is 1.04 bits per heavy atom. The normalized spacial score (nSPS) is 8.73. The smallest absolute Gasteiger partial charge is 0.358 e. The van der Waals surface area contributed by atoms with Crippen molar-refractivity contribution in [1.82, 2.24) is 9.78 Å². The molecule has 0 aliphatic carbocycles. The first-order valence-corrected chi connectivity index (χ1v) is 7.72. The molecule has 4 nitrogen and oxygen atoms in total. The number of hydrogen-bond donors (Lipinski definition) is 0. The van der Waals surface area contributed by atoms with Crippen LogP contribution in [-0.2, 0) is 37.4 Å². The second kappa shape index (κ2) is 17.4. The molecule has 1 heterocycles. The van der Waals surface area contributed by atoms with Crippen LogP contribution in [0, 0.1) is 0 Å². The van der Waals surface area contributed by atoms with Crippen LogP contribution in [0.15, 0.2) is 42.6 Å². The van der Waals surface area contributed by atoms with Gasteiger partial charge in [-0.3, -0.25) is 4.68 Å². The predicted molar refractivity (Wildman–Crippen MR) is 109 cm³/mol. The third-order valence-electron chi connectivity index (χ3n) is 3.09. The molecule has 0 saturated heterocycles. The molecule has 0 aliphatic heterocycles. The van der Waals surface area contributed by atoms with Crippen molar-refractivity contribution in [3.8, 4) is 0 Å². The van der Waals surface area contributed by atoms with Gasteiger partial charge in [-0.05, 0) is 38.3 Å². The zero-order valence-electron chi connectivity index (χ0n) is 14.7. The molecule has 1 aromatic carbocycles. The van der Waals surface area contributed by atoms with Crippen LogP contribution < -0.4 is 0 Å². The topological polar surface area (TPSA) is 44.1 Å². The Morgan fingerprint density at radius 3 is 1.92 bits per heavy atom. The van der Waals surface area contributed by atoms with Gasteiger partial charge < -0.3 is 4.74 Å². The number of nitrogens with zero attached hydrogens (tertiary/aromatic N) is 2. The standard InChI is InChI=1S/C9H14N2O2.C9H12.3CH4.Y/c1-4-13-9(12)8-5-6-11(10-8)7(2)3;1-8(2)9-6-4-3-5-7-9;;;;/h5-7H,4H2,1-3H3;3-8H,1-2H3;3*1H4;. The Hall–Kier alpha value is -0.996. The zero-order chi connectivity index (χ0) is 16.5. The van der Waals surface area contributed by atoms with Crippen molar-refractivity contribution in [3.05, 3.63) is 53.9 Å². The minimum Gasteiger partial charge on any atom is -0.461 e. The number of carbonyl (C=O) groups excluding carboxylic acids is 1. The summed E-state index contributed by atoms with van der Waals surface area (Å²) in [6.07, 6.45) is 1.77. The molecule has 0 fully saturated rings. The SMILES string of the molecule is C.C.C.CC(C)c1ccccc1.CCOC(=O)c1ccn(C(C)C)n1.[Y]. The van der Waals surface area contributed by atoms with Crippen molar-refractivity contribution < 1.29 is 42.2 Å². The molecule has 0 spiro atoms. The maximum atomic E-state index is 11.2. The summed E-state index contributed by atoms with van der Waals surface area (Å²) in [6, 6.07) is 12.5. The average Bonchev–Trinajstić information content (AvgIpc) is 2.99. The zero-order valence-corrected chi connectivity index (χ0v) is 17.5. The molecule has 0 saturated carbocycles. The Balaban J connectivity index is -0.000000168. The molecule has 26 heavy (non-hydrogen) atoms. The van der Waals surface area contributed by atoms with E-state index < -0.39 is 0 Å². The molecule has 1 radical (unpaired) electrons. The third kappa shape index (κ3) is 11.6. The summed E-state index contributed by atoms with van der Waals surface area (Å²) in [5.74, 6) is 0.299. The number of ether oxygens (including phenoxy) is 1. The predicted octanol–water partition coefficient (Wildman–Crippen LogP) is 6.36. The van der Waals surface area contributed by atoms with Gasteiger partial charge in [0, 0.05) is 44.9 Å². The molecule has 0 atom stereocenters. The first-order valence-electron chi connectivity index (χ1n) is 7.72. The monoisotopic (exact) mass is 439 g/mol. The first kappa shape index (κ1) is 32.7. The van der Waals surface area contributed by atoms with Gasteiger partial charge in [0.15, 0.2) is 5.69 Å². The molecule has 5 heteroatoms. The van der Waals surface area contributed by atoms with Crippen LogP contribution in [0.25, 0.3) is 0 Å². The van der Waals surface area contributed by atoms with Gasteiger partial charge in [0.1, 0.15) is 0 Å². The van der Waals surface area contributed by atoms with Crippen molar-refractivity contribution in [3.63, 3.8) is 0 Å². The van der Waals surface area contributed by atoms with Crippen molar-refractivity contribution in [2.45, 2.75) is 68.9 Å². The molecule has 0 N–H and O–H groups in total. The summed E-state index contributed by atoms with van der Waals surface area (Å²) in [6.45, 7) is 10.6. The fourth-order valence-corrected chi connectivity index (χ4v) is 1.78. The van der Waals surface area contributed by atoms with E-state index in [0.717, 1.165) is 0 Å². The molecular weight excluding hydrogens is 401 g/mol. The van der Waals surface area contributed by atoms with Crippen molar-refractivity contribution in [1.29, 1.82) is 0 Å². The van der Waals surface area contributed by atoms with E-state index in [9.17, 15) is 4.79 Å². The summed E-state index contributed by atoms with van der Waals surface area (Å²) in [7, 11) is 0.